The van der Waals surface area contributed by atoms with Crippen LogP contribution in [0.2, 0.25) is 0 Å². The van der Waals surface area contributed by atoms with Gasteiger partial charge in [-0.1, -0.05) is 12.1 Å². The van der Waals surface area contributed by atoms with Crippen molar-refractivity contribution in [3.63, 3.8) is 0 Å². The average molecular weight is 291 g/mol. The number of amides is 3. The first-order chi connectivity index (χ1) is 10.1. The Balaban J connectivity index is 2.13. The van der Waals surface area contributed by atoms with Crippen LogP contribution >= 0.6 is 0 Å². The summed E-state index contributed by atoms with van der Waals surface area (Å²) in [5, 5.41) is 22.6. The zero-order chi connectivity index (χ0) is 15.2. The molecule has 1 aromatic carbocycles. The van der Waals surface area contributed by atoms with Crippen molar-refractivity contribution in [3.8, 4) is 0 Å². The van der Waals surface area contributed by atoms with Crippen molar-refractivity contribution in [2.45, 2.75) is 0 Å². The van der Waals surface area contributed by atoms with Crippen molar-refractivity contribution in [2.24, 2.45) is 0 Å². The molecule has 4 N–H and O–H groups in total. The van der Waals surface area contributed by atoms with E-state index < -0.39 is 11.9 Å². The van der Waals surface area contributed by atoms with Crippen LogP contribution in [0.1, 0.15) is 5.56 Å². The molecule has 0 unspecified atom stereocenters. The molecule has 0 atom stereocenters. The molecule has 1 heterocycles. The van der Waals surface area contributed by atoms with Crippen LogP contribution in [0.15, 0.2) is 30.0 Å². The molecule has 3 amide bonds. The monoisotopic (exact) mass is 291 g/mol. The lowest BCUT2D eigenvalue weighted by Gasteiger charge is -2.22. The number of aliphatic hydroxyl groups excluding tert-OH is 2. The summed E-state index contributed by atoms with van der Waals surface area (Å²) in [6.45, 7) is 0.856. The minimum Gasteiger partial charge on any atom is -0.395 e. The van der Waals surface area contributed by atoms with Gasteiger partial charge in [-0.25, -0.2) is 4.79 Å². The van der Waals surface area contributed by atoms with E-state index in [4.69, 9.17) is 10.2 Å². The number of urea groups is 1. The molecular weight excluding hydrogens is 274 g/mol. The first-order valence-electron chi connectivity index (χ1n) is 6.55. The van der Waals surface area contributed by atoms with Crippen LogP contribution in [-0.2, 0) is 4.79 Å². The largest absolute Gasteiger partial charge is 0.395 e. The third kappa shape index (κ3) is 3.80. The van der Waals surface area contributed by atoms with E-state index in [1.165, 1.54) is 0 Å². The van der Waals surface area contributed by atoms with Gasteiger partial charge in [-0.15, -0.1) is 0 Å². The molecule has 0 bridgehead atoms. The van der Waals surface area contributed by atoms with E-state index in [1.54, 1.807) is 18.2 Å². The van der Waals surface area contributed by atoms with Gasteiger partial charge >= 0.3 is 6.03 Å². The predicted octanol–water partition coefficient (Wildman–Crippen LogP) is -0.342. The van der Waals surface area contributed by atoms with Crippen molar-refractivity contribution in [2.75, 3.05) is 31.2 Å². The van der Waals surface area contributed by atoms with Crippen molar-refractivity contribution in [1.29, 1.82) is 0 Å². The first-order valence-corrected chi connectivity index (χ1v) is 6.55. The number of carbonyl (C=O) groups excluding carboxylic acids is 2. The van der Waals surface area contributed by atoms with E-state index in [0.717, 1.165) is 11.3 Å². The summed E-state index contributed by atoms with van der Waals surface area (Å²) in [6.07, 6.45) is 1.58. The maximum absolute atomic E-state index is 11.4. The van der Waals surface area contributed by atoms with Crippen LogP contribution < -0.4 is 15.5 Å². The average Bonchev–Trinajstić information content (AvgIpc) is 2.77. The summed E-state index contributed by atoms with van der Waals surface area (Å²) in [5.41, 5.74) is 1.83. The molecule has 0 saturated carbocycles. The summed E-state index contributed by atoms with van der Waals surface area (Å²) in [7, 11) is 0. The Kier molecular flexibility index (Phi) is 4.91. The molecule has 0 aliphatic carbocycles. The summed E-state index contributed by atoms with van der Waals surface area (Å²) < 4.78 is 0. The van der Waals surface area contributed by atoms with Crippen molar-refractivity contribution in [1.82, 2.24) is 10.6 Å². The SMILES string of the molecule is O=C1NC(=O)/C(=C/c2ccc(N(CCO)CCO)cc2)N1. The fraction of sp³-hybridized carbons (Fsp3) is 0.286. The van der Waals surface area contributed by atoms with Gasteiger partial charge in [0.05, 0.1) is 13.2 Å². The molecule has 1 aliphatic rings. The maximum Gasteiger partial charge on any atom is 0.326 e. The van der Waals surface area contributed by atoms with Crippen molar-refractivity contribution in [3.05, 3.63) is 35.5 Å². The Bertz CT molecular complexity index is 548. The highest BCUT2D eigenvalue weighted by Crippen LogP contribution is 2.17. The normalized spacial score (nSPS) is 16.0. The maximum atomic E-state index is 11.4. The van der Waals surface area contributed by atoms with E-state index in [2.05, 4.69) is 10.6 Å². The van der Waals surface area contributed by atoms with Gasteiger partial charge in [0.2, 0.25) is 0 Å². The Hall–Kier alpha value is -2.38. The molecule has 7 heteroatoms. The van der Waals surface area contributed by atoms with Gasteiger partial charge in [0, 0.05) is 18.8 Å². The second-order valence-corrected chi connectivity index (χ2v) is 4.49. The molecule has 2 rings (SSSR count). The number of hydrogen-bond donors (Lipinski definition) is 4. The number of rotatable bonds is 6. The Morgan fingerprint density at radius 1 is 1.00 bits per heavy atom. The molecule has 1 aliphatic heterocycles. The number of anilines is 1. The quantitative estimate of drug-likeness (QED) is 0.424. The Labute approximate surface area is 121 Å². The molecule has 0 spiro atoms. The highest BCUT2D eigenvalue weighted by molar-refractivity contribution is 6.13. The predicted molar refractivity (Wildman–Crippen MR) is 77.5 cm³/mol. The molecule has 7 nitrogen and oxygen atoms in total. The second-order valence-electron chi connectivity index (χ2n) is 4.49. The standard InChI is InChI=1S/C14H17N3O4/c18-7-5-17(6-8-19)11-3-1-10(2-4-11)9-12-13(20)16-14(21)15-12/h1-4,9,18-19H,5-8H2,(H2,15,16,20,21)/b12-9-. The number of nitrogens with one attached hydrogen (secondary N) is 2. The van der Waals surface area contributed by atoms with Crippen LogP contribution in [0.4, 0.5) is 10.5 Å². The van der Waals surface area contributed by atoms with E-state index in [9.17, 15) is 9.59 Å². The van der Waals surface area contributed by atoms with Crippen LogP contribution in [0, 0.1) is 0 Å². The number of nitrogens with zero attached hydrogens (tertiary/aromatic N) is 1. The molecule has 112 valence electrons. The van der Waals surface area contributed by atoms with Crippen LogP contribution in [0.5, 0.6) is 0 Å². The number of imide groups is 1. The number of hydrogen-bond acceptors (Lipinski definition) is 5. The molecule has 0 aromatic heterocycles. The van der Waals surface area contributed by atoms with Gasteiger partial charge in [-0.2, -0.15) is 0 Å². The van der Waals surface area contributed by atoms with Crippen molar-refractivity contribution >= 4 is 23.7 Å². The fourth-order valence-corrected chi connectivity index (χ4v) is 2.04. The first kappa shape index (κ1) is 15.0. The number of carbonyl (C=O) groups is 2. The molecule has 1 aromatic rings. The fourth-order valence-electron chi connectivity index (χ4n) is 2.04. The van der Waals surface area contributed by atoms with Gasteiger partial charge in [0.25, 0.3) is 5.91 Å². The highest BCUT2D eigenvalue weighted by atomic mass is 16.3. The molecule has 0 radical (unpaired) electrons. The summed E-state index contributed by atoms with van der Waals surface area (Å²) in [5.74, 6) is -0.453. The second kappa shape index (κ2) is 6.87. The number of benzene rings is 1. The summed E-state index contributed by atoms with van der Waals surface area (Å²) in [4.78, 5) is 24.3. The Morgan fingerprint density at radius 2 is 1.62 bits per heavy atom. The smallest absolute Gasteiger partial charge is 0.326 e. The molecule has 21 heavy (non-hydrogen) atoms. The molecule has 1 fully saturated rings. The molecule has 1 saturated heterocycles. The van der Waals surface area contributed by atoms with E-state index >= 15 is 0 Å². The van der Waals surface area contributed by atoms with E-state index in [-0.39, 0.29) is 18.9 Å². The van der Waals surface area contributed by atoms with Crippen LogP contribution in [0.25, 0.3) is 6.08 Å². The van der Waals surface area contributed by atoms with Gasteiger partial charge < -0.3 is 20.4 Å². The molecular formula is C14H17N3O4. The topological polar surface area (TPSA) is 102 Å². The zero-order valence-electron chi connectivity index (χ0n) is 11.4. The lowest BCUT2D eigenvalue weighted by Crippen LogP contribution is -2.29. The Morgan fingerprint density at radius 3 is 2.10 bits per heavy atom. The number of aliphatic hydroxyl groups is 2. The van der Waals surface area contributed by atoms with Crippen molar-refractivity contribution < 1.29 is 19.8 Å². The van der Waals surface area contributed by atoms with E-state index in [1.807, 2.05) is 17.0 Å². The minimum absolute atomic E-state index is 0.00198. The zero-order valence-corrected chi connectivity index (χ0v) is 11.4. The lowest BCUT2D eigenvalue weighted by atomic mass is 10.1. The van der Waals surface area contributed by atoms with Gasteiger partial charge in [0.15, 0.2) is 0 Å². The minimum atomic E-state index is -0.528. The summed E-state index contributed by atoms with van der Waals surface area (Å²) >= 11 is 0. The van der Waals surface area contributed by atoms with Crippen LogP contribution in [-0.4, -0.2) is 48.5 Å². The third-order valence-electron chi connectivity index (χ3n) is 3.03. The van der Waals surface area contributed by atoms with Gasteiger partial charge in [-0.05, 0) is 23.8 Å². The lowest BCUT2D eigenvalue weighted by molar-refractivity contribution is -0.115. The highest BCUT2D eigenvalue weighted by Gasteiger charge is 2.22. The van der Waals surface area contributed by atoms with Gasteiger partial charge in [0.1, 0.15) is 5.70 Å². The van der Waals surface area contributed by atoms with Crippen LogP contribution in [0.3, 0.4) is 0 Å². The summed E-state index contributed by atoms with van der Waals surface area (Å²) in [6, 6.07) is 6.71. The van der Waals surface area contributed by atoms with E-state index in [0.29, 0.717) is 13.1 Å². The third-order valence-corrected chi connectivity index (χ3v) is 3.03. The van der Waals surface area contributed by atoms with Gasteiger partial charge in [-0.3, -0.25) is 10.1 Å².